The molecule has 0 amide bonds. The zero-order chi connectivity index (χ0) is 13.3. The second-order valence-corrected chi connectivity index (χ2v) is 5.94. The fraction of sp³-hybridized carbons (Fsp3) is 0.625. The van der Waals surface area contributed by atoms with Crippen LogP contribution >= 0.6 is 0 Å². The van der Waals surface area contributed by atoms with Crippen LogP contribution in [0.5, 0.6) is 5.75 Å². The summed E-state index contributed by atoms with van der Waals surface area (Å²) < 4.78 is 11.5. The molecule has 2 aliphatic carbocycles. The molecule has 3 heteroatoms. The van der Waals surface area contributed by atoms with Crippen molar-refractivity contribution in [1.29, 1.82) is 0 Å². The number of rotatable bonds is 6. The van der Waals surface area contributed by atoms with Crippen LogP contribution in [0, 0.1) is 0 Å². The zero-order valence-electron chi connectivity index (χ0n) is 11.6. The van der Waals surface area contributed by atoms with Crippen LogP contribution < -0.4 is 10.5 Å². The molecule has 2 saturated carbocycles. The average Bonchev–Trinajstić information content (AvgIpc) is 3.18. The van der Waals surface area contributed by atoms with Crippen LogP contribution in [0.2, 0.25) is 0 Å². The molecule has 0 spiro atoms. The highest BCUT2D eigenvalue weighted by molar-refractivity contribution is 5.31. The lowest BCUT2D eigenvalue weighted by atomic mass is 9.75. The van der Waals surface area contributed by atoms with Crippen molar-refractivity contribution >= 4 is 0 Å². The summed E-state index contributed by atoms with van der Waals surface area (Å²) in [6.45, 7) is 0. The van der Waals surface area contributed by atoms with Gasteiger partial charge in [-0.05, 0) is 56.2 Å². The molecule has 0 bridgehead atoms. The minimum atomic E-state index is 0.0206. The van der Waals surface area contributed by atoms with E-state index in [9.17, 15) is 0 Å². The normalized spacial score (nSPS) is 22.6. The molecule has 3 rings (SSSR count). The van der Waals surface area contributed by atoms with E-state index in [2.05, 4.69) is 12.1 Å². The summed E-state index contributed by atoms with van der Waals surface area (Å²) in [7, 11) is 1.80. The lowest BCUT2D eigenvalue weighted by molar-refractivity contribution is -0.0817. The first-order valence-electron chi connectivity index (χ1n) is 7.28. The number of nitrogens with two attached hydrogens (primary N) is 1. The van der Waals surface area contributed by atoms with E-state index >= 15 is 0 Å². The van der Waals surface area contributed by atoms with Gasteiger partial charge in [0.2, 0.25) is 0 Å². The molecule has 19 heavy (non-hydrogen) atoms. The lowest BCUT2D eigenvalue weighted by Gasteiger charge is -2.42. The summed E-state index contributed by atoms with van der Waals surface area (Å²) in [5.41, 5.74) is 7.52. The van der Waals surface area contributed by atoms with Gasteiger partial charge in [-0.3, -0.25) is 0 Å². The monoisotopic (exact) mass is 261 g/mol. The molecule has 104 valence electrons. The molecular formula is C16H23NO2. The molecular weight excluding hydrogens is 238 g/mol. The Kier molecular flexibility index (Phi) is 3.50. The van der Waals surface area contributed by atoms with E-state index < -0.39 is 0 Å². The zero-order valence-corrected chi connectivity index (χ0v) is 11.6. The molecule has 0 radical (unpaired) electrons. The van der Waals surface area contributed by atoms with Crippen LogP contribution in [-0.4, -0.2) is 18.8 Å². The number of hydrogen-bond donors (Lipinski definition) is 1. The van der Waals surface area contributed by atoms with Crippen LogP contribution in [0.1, 0.15) is 50.1 Å². The first kappa shape index (κ1) is 12.9. The van der Waals surface area contributed by atoms with Crippen molar-refractivity contribution < 1.29 is 9.47 Å². The smallest absolute Gasteiger partial charge is 0.120 e. The van der Waals surface area contributed by atoms with Crippen LogP contribution in [0.4, 0.5) is 0 Å². The summed E-state index contributed by atoms with van der Waals surface area (Å²) in [6.07, 6.45) is 7.22. The van der Waals surface area contributed by atoms with E-state index in [1.165, 1.54) is 19.3 Å². The third-order valence-corrected chi connectivity index (χ3v) is 4.40. The van der Waals surface area contributed by atoms with Gasteiger partial charge in [-0.15, -0.1) is 0 Å². The van der Waals surface area contributed by atoms with Gasteiger partial charge in [-0.25, -0.2) is 0 Å². The number of ether oxygens (including phenoxy) is 2. The highest BCUT2D eigenvalue weighted by atomic mass is 16.5. The van der Waals surface area contributed by atoms with Crippen LogP contribution in [0.3, 0.4) is 0 Å². The van der Waals surface area contributed by atoms with Gasteiger partial charge in [-0.2, -0.15) is 0 Å². The first-order chi connectivity index (χ1) is 9.21. The van der Waals surface area contributed by atoms with Crippen LogP contribution in [-0.2, 0) is 4.74 Å². The first-order valence-corrected chi connectivity index (χ1v) is 7.28. The van der Waals surface area contributed by atoms with Gasteiger partial charge in [0.25, 0.3) is 0 Å². The molecule has 2 N–H and O–H groups in total. The van der Waals surface area contributed by atoms with E-state index in [4.69, 9.17) is 15.2 Å². The molecule has 0 heterocycles. The minimum Gasteiger partial charge on any atom is -0.490 e. The molecule has 0 saturated heterocycles. The number of methoxy groups -OCH3 is 1. The van der Waals surface area contributed by atoms with E-state index in [1.807, 2.05) is 12.1 Å². The second kappa shape index (κ2) is 5.14. The van der Waals surface area contributed by atoms with Gasteiger partial charge in [-0.1, -0.05) is 12.1 Å². The molecule has 2 aliphatic rings. The van der Waals surface area contributed by atoms with Crippen molar-refractivity contribution in [2.75, 3.05) is 7.11 Å². The maximum atomic E-state index is 6.35. The summed E-state index contributed by atoms with van der Waals surface area (Å²) in [6, 6.07) is 8.26. The fourth-order valence-electron chi connectivity index (χ4n) is 2.78. The Morgan fingerprint density at radius 1 is 1.37 bits per heavy atom. The second-order valence-electron chi connectivity index (χ2n) is 5.94. The topological polar surface area (TPSA) is 44.5 Å². The molecule has 1 aromatic carbocycles. The molecule has 3 nitrogen and oxygen atoms in total. The predicted molar refractivity (Wildman–Crippen MR) is 75.2 cm³/mol. The van der Waals surface area contributed by atoms with Gasteiger partial charge in [0, 0.05) is 13.2 Å². The van der Waals surface area contributed by atoms with E-state index in [0.29, 0.717) is 6.10 Å². The SMILES string of the molecule is COC1(CC(N)c2cccc(OC3CC3)c2)CCC1. The Hall–Kier alpha value is -1.06. The van der Waals surface area contributed by atoms with E-state index in [-0.39, 0.29) is 11.6 Å². The van der Waals surface area contributed by atoms with Gasteiger partial charge in [0.15, 0.2) is 0 Å². The van der Waals surface area contributed by atoms with Crippen molar-refractivity contribution in [2.45, 2.75) is 56.3 Å². The van der Waals surface area contributed by atoms with Gasteiger partial charge in [0.05, 0.1) is 11.7 Å². The van der Waals surface area contributed by atoms with Crippen molar-refractivity contribution in [3.05, 3.63) is 29.8 Å². The quantitative estimate of drug-likeness (QED) is 0.855. The minimum absolute atomic E-state index is 0.0206. The van der Waals surface area contributed by atoms with Crippen LogP contribution in [0.25, 0.3) is 0 Å². The lowest BCUT2D eigenvalue weighted by Crippen LogP contribution is -2.41. The summed E-state index contributed by atoms with van der Waals surface area (Å²) in [4.78, 5) is 0. The van der Waals surface area contributed by atoms with Crippen molar-refractivity contribution in [1.82, 2.24) is 0 Å². The number of hydrogen-bond acceptors (Lipinski definition) is 3. The molecule has 0 aromatic heterocycles. The standard InChI is InChI=1S/C16H23NO2/c1-18-16(8-3-9-16)11-15(17)12-4-2-5-14(10-12)19-13-6-7-13/h2,4-5,10,13,15H,3,6-9,11,17H2,1H3. The van der Waals surface area contributed by atoms with E-state index in [0.717, 1.165) is 30.6 Å². The third-order valence-electron chi connectivity index (χ3n) is 4.40. The largest absolute Gasteiger partial charge is 0.490 e. The number of benzene rings is 1. The molecule has 1 aromatic rings. The highest BCUT2D eigenvalue weighted by Crippen LogP contribution is 2.41. The summed E-state index contributed by atoms with van der Waals surface area (Å²) in [5.74, 6) is 0.954. The Labute approximate surface area is 115 Å². The fourth-order valence-corrected chi connectivity index (χ4v) is 2.78. The van der Waals surface area contributed by atoms with Crippen molar-refractivity contribution in [3.63, 3.8) is 0 Å². The van der Waals surface area contributed by atoms with Gasteiger partial charge in [0.1, 0.15) is 5.75 Å². The van der Waals surface area contributed by atoms with E-state index in [1.54, 1.807) is 7.11 Å². The third kappa shape index (κ3) is 2.93. The molecule has 1 atom stereocenters. The average molecular weight is 261 g/mol. The van der Waals surface area contributed by atoms with Crippen LogP contribution in [0.15, 0.2) is 24.3 Å². The predicted octanol–water partition coefficient (Wildman–Crippen LogP) is 3.19. The maximum absolute atomic E-state index is 6.35. The van der Waals surface area contributed by atoms with Crippen molar-refractivity contribution in [3.8, 4) is 5.75 Å². The highest BCUT2D eigenvalue weighted by Gasteiger charge is 2.38. The summed E-state index contributed by atoms with van der Waals surface area (Å²) >= 11 is 0. The molecule has 2 fully saturated rings. The summed E-state index contributed by atoms with van der Waals surface area (Å²) in [5, 5.41) is 0. The van der Waals surface area contributed by atoms with Crippen molar-refractivity contribution in [2.24, 2.45) is 5.73 Å². The Bertz CT molecular complexity index is 433. The Balaban J connectivity index is 1.66. The molecule has 1 unspecified atom stereocenters. The van der Waals surface area contributed by atoms with Gasteiger partial charge < -0.3 is 15.2 Å². The Morgan fingerprint density at radius 2 is 2.16 bits per heavy atom. The van der Waals surface area contributed by atoms with Gasteiger partial charge >= 0.3 is 0 Å². The Morgan fingerprint density at radius 3 is 2.74 bits per heavy atom. The maximum Gasteiger partial charge on any atom is 0.120 e. The molecule has 0 aliphatic heterocycles.